The van der Waals surface area contributed by atoms with Crippen molar-refractivity contribution in [2.45, 2.75) is 63.3 Å². The van der Waals surface area contributed by atoms with Crippen LogP contribution in [0.25, 0.3) is 0 Å². The van der Waals surface area contributed by atoms with Crippen molar-refractivity contribution in [3.63, 3.8) is 0 Å². The molecule has 154 valence electrons. The molecule has 1 unspecified atom stereocenters. The summed E-state index contributed by atoms with van der Waals surface area (Å²) in [6, 6.07) is 2.17. The topological polar surface area (TPSA) is 71.8 Å². The van der Waals surface area contributed by atoms with Gasteiger partial charge in [0.2, 0.25) is 0 Å². The molecule has 2 aromatic rings. The standard InChI is InChI=1S/C20H29N5OS.ClH/c26-20(17-9-12-25(24-17)16-7-4-10-21-13-16)22-11-8-19-23-18(14-27-19)15-5-2-1-3-6-15;/h9,12,14-16,21H,1-8,10-11,13H2,(H,22,26);1H. The summed E-state index contributed by atoms with van der Waals surface area (Å²) in [7, 11) is 0. The molecule has 0 spiro atoms. The van der Waals surface area contributed by atoms with Gasteiger partial charge < -0.3 is 10.6 Å². The Labute approximate surface area is 176 Å². The molecule has 4 rings (SSSR count). The first-order valence-electron chi connectivity index (χ1n) is 10.3. The van der Waals surface area contributed by atoms with E-state index in [0.717, 1.165) is 37.4 Å². The second-order valence-corrected chi connectivity index (χ2v) is 8.63. The van der Waals surface area contributed by atoms with E-state index in [0.29, 0.717) is 24.2 Å². The Balaban J connectivity index is 0.00000225. The fraction of sp³-hybridized carbons (Fsp3) is 0.650. The van der Waals surface area contributed by atoms with E-state index < -0.39 is 0 Å². The lowest BCUT2D eigenvalue weighted by Crippen LogP contribution is -2.32. The maximum atomic E-state index is 12.4. The summed E-state index contributed by atoms with van der Waals surface area (Å²) >= 11 is 1.72. The summed E-state index contributed by atoms with van der Waals surface area (Å²) in [5.41, 5.74) is 1.77. The van der Waals surface area contributed by atoms with Gasteiger partial charge >= 0.3 is 0 Å². The van der Waals surface area contributed by atoms with Gasteiger partial charge in [-0.1, -0.05) is 19.3 Å². The third-order valence-corrected chi connectivity index (χ3v) is 6.63. The van der Waals surface area contributed by atoms with Crippen LogP contribution in [0.3, 0.4) is 0 Å². The average molecular weight is 424 g/mol. The van der Waals surface area contributed by atoms with E-state index in [1.54, 1.807) is 11.3 Å². The van der Waals surface area contributed by atoms with Crippen LogP contribution in [-0.2, 0) is 6.42 Å². The number of nitrogens with zero attached hydrogens (tertiary/aromatic N) is 3. The number of amides is 1. The molecule has 1 saturated carbocycles. The van der Waals surface area contributed by atoms with E-state index >= 15 is 0 Å². The number of aromatic nitrogens is 3. The highest BCUT2D eigenvalue weighted by atomic mass is 35.5. The number of carbonyl (C=O) groups is 1. The van der Waals surface area contributed by atoms with E-state index in [4.69, 9.17) is 4.98 Å². The summed E-state index contributed by atoms with van der Waals surface area (Å²) in [6.45, 7) is 2.61. The number of hydrogen-bond donors (Lipinski definition) is 2. The summed E-state index contributed by atoms with van der Waals surface area (Å²) in [5.74, 6) is 0.554. The van der Waals surface area contributed by atoms with Gasteiger partial charge in [-0.2, -0.15) is 5.10 Å². The minimum Gasteiger partial charge on any atom is -0.350 e. The Bertz CT molecular complexity index is 749. The molecule has 1 aliphatic carbocycles. The molecule has 28 heavy (non-hydrogen) atoms. The zero-order chi connectivity index (χ0) is 18.5. The lowest BCUT2D eigenvalue weighted by Gasteiger charge is -2.22. The summed E-state index contributed by atoms with van der Waals surface area (Å²) in [6.07, 6.45) is 11.6. The summed E-state index contributed by atoms with van der Waals surface area (Å²) < 4.78 is 1.93. The van der Waals surface area contributed by atoms with Crippen molar-refractivity contribution in [2.24, 2.45) is 0 Å². The molecule has 8 heteroatoms. The van der Waals surface area contributed by atoms with Gasteiger partial charge in [-0.3, -0.25) is 9.48 Å². The largest absolute Gasteiger partial charge is 0.350 e. The molecular weight excluding hydrogens is 394 g/mol. The van der Waals surface area contributed by atoms with E-state index in [1.807, 2.05) is 16.9 Å². The smallest absolute Gasteiger partial charge is 0.271 e. The SMILES string of the molecule is Cl.O=C(NCCc1nc(C2CCCCC2)cs1)c1ccn(C2CCCNC2)n1. The number of hydrogen-bond acceptors (Lipinski definition) is 5. The number of thiazole rings is 1. The summed E-state index contributed by atoms with van der Waals surface area (Å²) in [5, 5.41) is 14.2. The number of rotatable bonds is 6. The van der Waals surface area contributed by atoms with E-state index in [1.165, 1.54) is 37.8 Å². The molecule has 0 radical (unpaired) electrons. The Morgan fingerprint density at radius 1 is 1.25 bits per heavy atom. The van der Waals surface area contributed by atoms with Crippen LogP contribution >= 0.6 is 23.7 Å². The molecule has 6 nitrogen and oxygen atoms in total. The minimum atomic E-state index is -0.0958. The second kappa shape index (κ2) is 10.4. The molecule has 3 heterocycles. The Kier molecular flexibility index (Phi) is 7.88. The van der Waals surface area contributed by atoms with Crippen molar-refractivity contribution in [3.8, 4) is 0 Å². The molecule has 2 N–H and O–H groups in total. The first kappa shape index (κ1) is 21.3. The number of nitrogens with one attached hydrogen (secondary N) is 2. The Morgan fingerprint density at radius 3 is 2.89 bits per heavy atom. The first-order valence-corrected chi connectivity index (χ1v) is 11.2. The zero-order valence-corrected chi connectivity index (χ0v) is 17.9. The van der Waals surface area contributed by atoms with Crippen LogP contribution in [0.1, 0.15) is 78.1 Å². The van der Waals surface area contributed by atoms with Crippen LogP contribution < -0.4 is 10.6 Å². The van der Waals surface area contributed by atoms with Crippen molar-refractivity contribution in [1.82, 2.24) is 25.4 Å². The average Bonchev–Trinajstić information content (AvgIpc) is 3.39. The molecule has 2 aliphatic rings. The molecule has 2 fully saturated rings. The fourth-order valence-corrected chi connectivity index (χ4v) is 5.00. The predicted molar refractivity (Wildman–Crippen MR) is 115 cm³/mol. The maximum Gasteiger partial charge on any atom is 0.271 e. The Hall–Kier alpha value is -1.44. The first-order chi connectivity index (χ1) is 13.3. The normalized spacial score (nSPS) is 20.5. The number of halogens is 1. The van der Waals surface area contributed by atoms with Gasteiger partial charge in [-0.15, -0.1) is 23.7 Å². The molecule has 2 aromatic heterocycles. The van der Waals surface area contributed by atoms with Gasteiger partial charge in [0.15, 0.2) is 0 Å². The molecule has 1 saturated heterocycles. The minimum absolute atomic E-state index is 0. The predicted octanol–water partition coefficient (Wildman–Crippen LogP) is 3.71. The van der Waals surface area contributed by atoms with Crippen molar-refractivity contribution >= 4 is 29.7 Å². The van der Waals surface area contributed by atoms with Crippen LogP contribution in [-0.4, -0.2) is 40.3 Å². The zero-order valence-electron chi connectivity index (χ0n) is 16.2. The van der Waals surface area contributed by atoms with E-state index in [9.17, 15) is 4.79 Å². The van der Waals surface area contributed by atoms with Crippen LogP contribution in [0.2, 0.25) is 0 Å². The number of carbonyl (C=O) groups excluding carboxylic acids is 1. The highest BCUT2D eigenvalue weighted by molar-refractivity contribution is 7.09. The Morgan fingerprint density at radius 2 is 2.11 bits per heavy atom. The maximum absolute atomic E-state index is 12.4. The van der Waals surface area contributed by atoms with Crippen molar-refractivity contribution in [3.05, 3.63) is 34.0 Å². The van der Waals surface area contributed by atoms with E-state index in [-0.39, 0.29) is 18.3 Å². The van der Waals surface area contributed by atoms with Crippen LogP contribution in [0.5, 0.6) is 0 Å². The van der Waals surface area contributed by atoms with Gasteiger partial charge in [0, 0.05) is 37.0 Å². The van der Waals surface area contributed by atoms with Gasteiger partial charge in [-0.05, 0) is 38.3 Å². The highest BCUT2D eigenvalue weighted by Crippen LogP contribution is 2.33. The molecule has 0 aromatic carbocycles. The van der Waals surface area contributed by atoms with Crippen LogP contribution in [0.15, 0.2) is 17.6 Å². The second-order valence-electron chi connectivity index (χ2n) is 7.69. The molecule has 1 aliphatic heterocycles. The van der Waals surface area contributed by atoms with Crippen molar-refractivity contribution < 1.29 is 4.79 Å². The third kappa shape index (κ3) is 5.33. The molecule has 1 amide bonds. The molecular formula is C20H30ClN5OS. The molecule has 0 bridgehead atoms. The van der Waals surface area contributed by atoms with Gasteiger partial charge in [0.1, 0.15) is 5.69 Å². The summed E-state index contributed by atoms with van der Waals surface area (Å²) in [4.78, 5) is 17.2. The van der Waals surface area contributed by atoms with Crippen molar-refractivity contribution in [2.75, 3.05) is 19.6 Å². The number of piperidine rings is 1. The van der Waals surface area contributed by atoms with Gasteiger partial charge in [0.25, 0.3) is 5.91 Å². The van der Waals surface area contributed by atoms with E-state index in [2.05, 4.69) is 21.1 Å². The molecule has 1 atom stereocenters. The third-order valence-electron chi connectivity index (χ3n) is 5.70. The monoisotopic (exact) mass is 423 g/mol. The van der Waals surface area contributed by atoms with Crippen LogP contribution in [0.4, 0.5) is 0 Å². The van der Waals surface area contributed by atoms with Crippen molar-refractivity contribution in [1.29, 1.82) is 0 Å². The fourth-order valence-electron chi connectivity index (χ4n) is 4.12. The lowest BCUT2D eigenvalue weighted by molar-refractivity contribution is 0.0947. The lowest BCUT2D eigenvalue weighted by atomic mass is 9.87. The van der Waals surface area contributed by atoms with Crippen LogP contribution in [0, 0.1) is 0 Å². The quantitative estimate of drug-likeness (QED) is 0.742. The van der Waals surface area contributed by atoms with Gasteiger partial charge in [-0.25, -0.2) is 4.98 Å². The van der Waals surface area contributed by atoms with Gasteiger partial charge in [0.05, 0.1) is 16.7 Å². The highest BCUT2D eigenvalue weighted by Gasteiger charge is 2.19.